The maximum atomic E-state index is 13.2. The standard InChI is InChI=1S/C28H28N4O5S/c33-24-15-37-28(19-8-2-1-3-9-19)31-32(24)14-21-11-10-20(12-22(21)23-16-38-17-30-23)26(18-6-4-5-7-18)27(36)29-13-25(34)35/h1-3,8-12,16-18,26H,4-7,13-15H2,(H,29,36)(H,34,35). The number of carbonyl (C=O) groups excluding carboxylic acids is 2. The van der Waals surface area contributed by atoms with Crippen molar-refractivity contribution in [2.24, 2.45) is 11.0 Å². The first-order valence-corrected chi connectivity index (χ1v) is 13.5. The molecule has 0 spiro atoms. The third-order valence-corrected chi connectivity index (χ3v) is 7.53. The Balaban J connectivity index is 1.49. The van der Waals surface area contributed by atoms with Gasteiger partial charge in [0.2, 0.25) is 11.8 Å². The quantitative estimate of drug-likeness (QED) is 0.430. The second-order valence-electron chi connectivity index (χ2n) is 9.44. The first kappa shape index (κ1) is 25.6. The number of nitrogens with zero attached hydrogens (tertiary/aromatic N) is 3. The van der Waals surface area contributed by atoms with Crippen molar-refractivity contribution < 1.29 is 24.2 Å². The fraction of sp³-hybridized carbons (Fsp3) is 0.321. The van der Waals surface area contributed by atoms with Crippen LogP contribution in [0.1, 0.15) is 48.3 Å². The number of hydrogen-bond donors (Lipinski definition) is 2. The van der Waals surface area contributed by atoms with E-state index in [0.29, 0.717) is 5.90 Å². The van der Waals surface area contributed by atoms with Crippen molar-refractivity contribution in [1.29, 1.82) is 0 Å². The molecule has 1 saturated carbocycles. The van der Waals surface area contributed by atoms with Gasteiger partial charge < -0.3 is 15.2 Å². The number of hydrogen-bond acceptors (Lipinski definition) is 7. The predicted octanol–water partition coefficient (Wildman–Crippen LogP) is 4.01. The number of amides is 2. The van der Waals surface area contributed by atoms with E-state index in [1.54, 1.807) is 5.51 Å². The maximum absolute atomic E-state index is 13.2. The maximum Gasteiger partial charge on any atom is 0.322 e. The zero-order valence-corrected chi connectivity index (χ0v) is 21.5. The van der Waals surface area contributed by atoms with Crippen LogP contribution in [0.25, 0.3) is 11.3 Å². The largest absolute Gasteiger partial charge is 0.480 e. The minimum absolute atomic E-state index is 0.106. The molecule has 2 aliphatic rings. The van der Waals surface area contributed by atoms with E-state index in [1.165, 1.54) is 16.3 Å². The highest BCUT2D eigenvalue weighted by Crippen LogP contribution is 2.39. The Morgan fingerprint density at radius 2 is 1.95 bits per heavy atom. The monoisotopic (exact) mass is 532 g/mol. The zero-order valence-electron chi connectivity index (χ0n) is 20.7. The van der Waals surface area contributed by atoms with Crippen molar-refractivity contribution in [2.45, 2.75) is 38.1 Å². The first-order chi connectivity index (χ1) is 18.5. The molecule has 10 heteroatoms. The summed E-state index contributed by atoms with van der Waals surface area (Å²) >= 11 is 1.46. The number of nitrogens with one attached hydrogen (secondary N) is 1. The molecule has 2 heterocycles. The van der Waals surface area contributed by atoms with Crippen LogP contribution in [0.15, 0.2) is 64.5 Å². The molecule has 38 heavy (non-hydrogen) atoms. The topological polar surface area (TPSA) is 121 Å². The number of ether oxygens (including phenoxy) is 1. The molecule has 196 valence electrons. The van der Waals surface area contributed by atoms with Crippen molar-refractivity contribution in [2.75, 3.05) is 13.2 Å². The molecule has 9 nitrogen and oxygen atoms in total. The molecule has 0 radical (unpaired) electrons. The molecular formula is C28H28N4O5S. The molecule has 2 aromatic carbocycles. The fourth-order valence-electron chi connectivity index (χ4n) is 5.12. The highest BCUT2D eigenvalue weighted by atomic mass is 32.1. The molecular weight excluding hydrogens is 504 g/mol. The highest BCUT2D eigenvalue weighted by Gasteiger charge is 2.33. The highest BCUT2D eigenvalue weighted by molar-refractivity contribution is 7.07. The first-order valence-electron chi connectivity index (χ1n) is 12.6. The SMILES string of the molecule is O=C(O)CNC(=O)C(c1ccc(CN2N=C(c3ccccc3)OCC2=O)c(-c2cscn2)c1)C1CCCC1. The minimum Gasteiger partial charge on any atom is -0.480 e. The second-order valence-corrected chi connectivity index (χ2v) is 10.2. The fourth-order valence-corrected chi connectivity index (χ4v) is 5.67. The Bertz CT molecular complexity index is 1340. The third kappa shape index (κ3) is 5.75. The summed E-state index contributed by atoms with van der Waals surface area (Å²) in [5, 5.41) is 19.5. The van der Waals surface area contributed by atoms with Crippen molar-refractivity contribution >= 4 is 35.0 Å². The number of aromatic nitrogens is 1. The molecule has 1 unspecified atom stereocenters. The second kappa shape index (κ2) is 11.6. The molecule has 1 aromatic heterocycles. The summed E-state index contributed by atoms with van der Waals surface area (Å²) in [5.74, 6) is -1.56. The van der Waals surface area contributed by atoms with Crippen molar-refractivity contribution in [3.63, 3.8) is 0 Å². The summed E-state index contributed by atoms with van der Waals surface area (Å²) < 4.78 is 5.58. The lowest BCUT2D eigenvalue weighted by molar-refractivity contribution is -0.138. The van der Waals surface area contributed by atoms with Gasteiger partial charge in [-0.1, -0.05) is 43.2 Å². The molecule has 1 aliphatic carbocycles. The van der Waals surface area contributed by atoms with Crippen LogP contribution in [0.2, 0.25) is 0 Å². The molecule has 0 saturated heterocycles. The van der Waals surface area contributed by atoms with Gasteiger partial charge >= 0.3 is 5.97 Å². The van der Waals surface area contributed by atoms with Crippen LogP contribution in [0, 0.1) is 5.92 Å². The van der Waals surface area contributed by atoms with E-state index in [9.17, 15) is 14.4 Å². The predicted molar refractivity (Wildman–Crippen MR) is 142 cm³/mol. The Labute approximate surface area is 224 Å². The molecule has 2 N–H and O–H groups in total. The summed E-state index contributed by atoms with van der Waals surface area (Å²) in [6.07, 6.45) is 3.92. The van der Waals surface area contributed by atoms with E-state index >= 15 is 0 Å². The lowest BCUT2D eigenvalue weighted by Crippen LogP contribution is -2.37. The summed E-state index contributed by atoms with van der Waals surface area (Å²) in [5.41, 5.74) is 5.73. The average Bonchev–Trinajstić information content (AvgIpc) is 3.65. The van der Waals surface area contributed by atoms with E-state index in [-0.39, 0.29) is 30.9 Å². The zero-order chi connectivity index (χ0) is 26.5. The van der Waals surface area contributed by atoms with Gasteiger partial charge in [-0.15, -0.1) is 16.4 Å². The summed E-state index contributed by atoms with van der Waals surface area (Å²) in [4.78, 5) is 41.5. The van der Waals surface area contributed by atoms with Crippen LogP contribution >= 0.6 is 11.3 Å². The molecule has 2 amide bonds. The van der Waals surface area contributed by atoms with Crippen LogP contribution in [-0.2, 0) is 25.7 Å². The normalized spacial score (nSPS) is 16.6. The molecule has 1 aliphatic heterocycles. The van der Waals surface area contributed by atoms with Crippen molar-refractivity contribution in [3.05, 3.63) is 76.1 Å². The van der Waals surface area contributed by atoms with E-state index in [2.05, 4.69) is 15.4 Å². The van der Waals surface area contributed by atoms with E-state index in [1.807, 2.05) is 53.9 Å². The number of benzene rings is 2. The van der Waals surface area contributed by atoms with Crippen LogP contribution in [-0.4, -0.2) is 51.9 Å². The number of thiazole rings is 1. The molecule has 1 fully saturated rings. The van der Waals surface area contributed by atoms with E-state index in [0.717, 1.165) is 53.6 Å². The van der Waals surface area contributed by atoms with Gasteiger partial charge in [0.15, 0.2) is 6.61 Å². The van der Waals surface area contributed by atoms with Gasteiger partial charge in [0.25, 0.3) is 5.91 Å². The lowest BCUT2D eigenvalue weighted by Gasteiger charge is -2.26. The number of carboxylic acids is 1. The van der Waals surface area contributed by atoms with Crippen LogP contribution < -0.4 is 5.32 Å². The number of carboxylic acid groups (broad SMARTS) is 1. The van der Waals surface area contributed by atoms with E-state index in [4.69, 9.17) is 9.84 Å². The van der Waals surface area contributed by atoms with Gasteiger partial charge in [0, 0.05) is 16.5 Å². The van der Waals surface area contributed by atoms with Crippen molar-refractivity contribution in [1.82, 2.24) is 15.3 Å². The Morgan fingerprint density at radius 3 is 2.66 bits per heavy atom. The van der Waals surface area contributed by atoms with Crippen molar-refractivity contribution in [3.8, 4) is 11.3 Å². The summed E-state index contributed by atoms with van der Waals surface area (Å²) in [7, 11) is 0. The molecule has 1 atom stereocenters. The Morgan fingerprint density at radius 1 is 1.16 bits per heavy atom. The number of rotatable bonds is 9. The van der Waals surface area contributed by atoms with E-state index < -0.39 is 18.4 Å². The van der Waals surface area contributed by atoms with Crippen LogP contribution in [0.5, 0.6) is 0 Å². The minimum atomic E-state index is -1.08. The summed E-state index contributed by atoms with van der Waals surface area (Å²) in [6, 6.07) is 15.2. The van der Waals surface area contributed by atoms with Gasteiger partial charge in [-0.25, -0.2) is 9.99 Å². The Kier molecular flexibility index (Phi) is 7.78. The number of aliphatic carboxylic acids is 1. The third-order valence-electron chi connectivity index (χ3n) is 6.94. The average molecular weight is 533 g/mol. The van der Waals surface area contributed by atoms with Gasteiger partial charge in [0.1, 0.15) is 6.54 Å². The van der Waals surface area contributed by atoms with Crippen LogP contribution in [0.3, 0.4) is 0 Å². The van der Waals surface area contributed by atoms with Gasteiger partial charge in [-0.3, -0.25) is 14.4 Å². The Hall–Kier alpha value is -4.05. The number of carbonyl (C=O) groups is 3. The lowest BCUT2D eigenvalue weighted by atomic mass is 9.82. The van der Waals surface area contributed by atoms with Gasteiger partial charge in [0.05, 0.1) is 23.7 Å². The molecule has 3 aromatic rings. The number of hydrazone groups is 1. The smallest absolute Gasteiger partial charge is 0.322 e. The molecule has 0 bridgehead atoms. The molecule has 5 rings (SSSR count). The van der Waals surface area contributed by atoms with Gasteiger partial charge in [-0.2, -0.15) is 0 Å². The summed E-state index contributed by atoms with van der Waals surface area (Å²) in [6.45, 7) is -0.309. The van der Waals surface area contributed by atoms with Gasteiger partial charge in [-0.05, 0) is 48.1 Å². The van der Waals surface area contributed by atoms with Crippen LogP contribution in [0.4, 0.5) is 0 Å².